The van der Waals surface area contributed by atoms with Crippen molar-refractivity contribution < 1.29 is 4.52 Å². The lowest BCUT2D eigenvalue weighted by molar-refractivity contribution is 0.437. The molecule has 5 heteroatoms. The lowest BCUT2D eigenvalue weighted by Crippen LogP contribution is -1.90. The molecule has 0 aliphatic rings. The summed E-state index contributed by atoms with van der Waals surface area (Å²) in [6.07, 6.45) is 0. The molecule has 2 aromatic heterocycles. The van der Waals surface area contributed by atoms with Crippen molar-refractivity contribution in [1.82, 2.24) is 5.16 Å². The van der Waals surface area contributed by atoms with Crippen molar-refractivity contribution in [3.8, 4) is 21.8 Å². The Hall–Kier alpha value is -1.59. The van der Waals surface area contributed by atoms with Gasteiger partial charge in [0.2, 0.25) is 0 Å². The maximum absolute atomic E-state index is 6.03. The highest BCUT2D eigenvalue weighted by atomic mass is 79.9. The summed E-state index contributed by atoms with van der Waals surface area (Å²) < 4.78 is 6.58. The van der Waals surface area contributed by atoms with E-state index in [-0.39, 0.29) is 0 Å². The Morgan fingerprint density at radius 2 is 1.86 bits per heavy atom. The zero-order valence-corrected chi connectivity index (χ0v) is 14.4. The first kappa shape index (κ1) is 14.4. The van der Waals surface area contributed by atoms with Gasteiger partial charge >= 0.3 is 0 Å². The standard InChI is InChI=1S/C16H15BrN2OS/c1-8-4-5-11(6-9(8)2)13-14(20-19-16(13)18)12-7-10(3)15(17)21-12/h4-7H,1-3H3,(H2,18,19). The Morgan fingerprint density at radius 1 is 1.10 bits per heavy atom. The van der Waals surface area contributed by atoms with Crippen LogP contribution in [0.5, 0.6) is 0 Å². The first-order valence-electron chi connectivity index (χ1n) is 6.56. The molecule has 0 radical (unpaired) electrons. The summed E-state index contributed by atoms with van der Waals surface area (Å²) in [4.78, 5) is 1.02. The molecule has 0 aliphatic carbocycles. The van der Waals surface area contributed by atoms with E-state index in [1.54, 1.807) is 11.3 Å². The number of nitrogen functional groups attached to an aromatic ring is 1. The van der Waals surface area contributed by atoms with Gasteiger partial charge in [0, 0.05) is 0 Å². The molecule has 0 spiro atoms. The number of thiophene rings is 1. The maximum Gasteiger partial charge on any atom is 0.186 e. The molecule has 2 heterocycles. The number of benzene rings is 1. The normalized spacial score (nSPS) is 11.0. The fraction of sp³-hybridized carbons (Fsp3) is 0.188. The van der Waals surface area contributed by atoms with Gasteiger partial charge in [-0.2, -0.15) is 0 Å². The molecule has 2 N–H and O–H groups in total. The molecule has 21 heavy (non-hydrogen) atoms. The molecule has 0 atom stereocenters. The number of nitrogens with zero attached hydrogens (tertiary/aromatic N) is 1. The zero-order valence-electron chi connectivity index (χ0n) is 12.0. The summed E-state index contributed by atoms with van der Waals surface area (Å²) in [5.74, 6) is 1.16. The van der Waals surface area contributed by atoms with Gasteiger partial charge in [-0.05, 0) is 65.0 Å². The summed E-state index contributed by atoms with van der Waals surface area (Å²) in [5.41, 5.74) is 11.6. The van der Waals surface area contributed by atoms with Crippen LogP contribution in [0.2, 0.25) is 0 Å². The van der Waals surface area contributed by atoms with Gasteiger partial charge in [0.15, 0.2) is 11.6 Å². The van der Waals surface area contributed by atoms with Gasteiger partial charge in [0.1, 0.15) is 0 Å². The van der Waals surface area contributed by atoms with Crippen LogP contribution in [0, 0.1) is 20.8 Å². The molecule has 3 nitrogen and oxygen atoms in total. The second-order valence-corrected chi connectivity index (χ2v) is 7.51. The van der Waals surface area contributed by atoms with Crippen molar-refractivity contribution >= 4 is 33.1 Å². The SMILES string of the molecule is Cc1ccc(-c2c(N)noc2-c2cc(C)c(Br)s2)cc1C. The highest BCUT2D eigenvalue weighted by molar-refractivity contribution is 9.11. The van der Waals surface area contributed by atoms with Gasteiger partial charge in [0.25, 0.3) is 0 Å². The topological polar surface area (TPSA) is 52.0 Å². The number of rotatable bonds is 2. The molecule has 0 saturated carbocycles. The van der Waals surface area contributed by atoms with E-state index >= 15 is 0 Å². The average molecular weight is 363 g/mol. The molecular weight excluding hydrogens is 348 g/mol. The Bertz CT molecular complexity index is 800. The van der Waals surface area contributed by atoms with Crippen molar-refractivity contribution in [2.45, 2.75) is 20.8 Å². The molecule has 0 fully saturated rings. The van der Waals surface area contributed by atoms with Crippen molar-refractivity contribution in [2.24, 2.45) is 0 Å². The smallest absolute Gasteiger partial charge is 0.186 e. The molecule has 0 amide bonds. The van der Waals surface area contributed by atoms with Crippen LogP contribution >= 0.6 is 27.3 Å². The second-order valence-electron chi connectivity index (χ2n) is 5.14. The Balaban J connectivity index is 2.19. The van der Waals surface area contributed by atoms with Crippen LogP contribution in [0.4, 0.5) is 5.82 Å². The third-order valence-electron chi connectivity index (χ3n) is 3.60. The summed E-state index contributed by atoms with van der Waals surface area (Å²) in [6, 6.07) is 8.36. The van der Waals surface area contributed by atoms with Crippen molar-refractivity contribution in [1.29, 1.82) is 0 Å². The minimum absolute atomic E-state index is 0.426. The fourth-order valence-electron chi connectivity index (χ4n) is 2.22. The lowest BCUT2D eigenvalue weighted by atomic mass is 10.00. The third-order valence-corrected chi connectivity index (χ3v) is 5.73. The molecule has 0 aliphatic heterocycles. The van der Waals surface area contributed by atoms with Gasteiger partial charge in [-0.1, -0.05) is 23.4 Å². The van der Waals surface area contributed by atoms with E-state index in [9.17, 15) is 0 Å². The monoisotopic (exact) mass is 362 g/mol. The van der Waals surface area contributed by atoms with Gasteiger partial charge in [-0.25, -0.2) is 0 Å². The zero-order chi connectivity index (χ0) is 15.1. The number of nitrogens with two attached hydrogens (primary N) is 1. The summed E-state index contributed by atoms with van der Waals surface area (Å²) in [5, 5.41) is 3.95. The largest absolute Gasteiger partial charge is 0.380 e. The third kappa shape index (κ3) is 2.51. The second kappa shape index (κ2) is 5.31. The maximum atomic E-state index is 6.03. The summed E-state index contributed by atoms with van der Waals surface area (Å²) in [6.45, 7) is 6.24. The first-order chi connectivity index (χ1) is 9.97. The minimum Gasteiger partial charge on any atom is -0.380 e. The van der Waals surface area contributed by atoms with Crippen LogP contribution < -0.4 is 5.73 Å². The molecule has 108 valence electrons. The predicted molar refractivity (Wildman–Crippen MR) is 91.6 cm³/mol. The van der Waals surface area contributed by atoms with Crippen molar-refractivity contribution in [2.75, 3.05) is 5.73 Å². The highest BCUT2D eigenvalue weighted by Crippen LogP contribution is 2.42. The van der Waals surface area contributed by atoms with Crippen LogP contribution in [0.25, 0.3) is 21.8 Å². The minimum atomic E-state index is 0.426. The average Bonchev–Trinajstić information content (AvgIpc) is 2.97. The predicted octanol–water partition coefficient (Wildman–Crippen LogP) is 5.34. The van der Waals surface area contributed by atoms with E-state index in [0.717, 1.165) is 25.6 Å². The highest BCUT2D eigenvalue weighted by Gasteiger charge is 2.20. The summed E-state index contributed by atoms with van der Waals surface area (Å²) >= 11 is 5.17. The van der Waals surface area contributed by atoms with E-state index in [1.165, 1.54) is 16.7 Å². The van der Waals surface area contributed by atoms with Crippen LogP contribution in [0.15, 0.2) is 32.6 Å². The molecule has 1 aromatic carbocycles. The van der Waals surface area contributed by atoms with Crippen molar-refractivity contribution in [3.63, 3.8) is 0 Å². The lowest BCUT2D eigenvalue weighted by Gasteiger charge is -2.05. The van der Waals surface area contributed by atoms with Crippen LogP contribution in [-0.4, -0.2) is 5.16 Å². The molecule has 3 aromatic rings. The fourth-order valence-corrected chi connectivity index (χ4v) is 3.74. The van der Waals surface area contributed by atoms with E-state index in [4.69, 9.17) is 10.3 Å². The van der Waals surface area contributed by atoms with E-state index in [0.29, 0.717) is 5.82 Å². The number of aromatic nitrogens is 1. The molecule has 0 unspecified atom stereocenters. The number of hydrogen-bond donors (Lipinski definition) is 1. The van der Waals surface area contributed by atoms with E-state index in [1.807, 2.05) is 0 Å². The number of anilines is 1. The summed E-state index contributed by atoms with van der Waals surface area (Å²) in [7, 11) is 0. The number of hydrogen-bond acceptors (Lipinski definition) is 4. The van der Waals surface area contributed by atoms with Crippen LogP contribution in [0.3, 0.4) is 0 Å². The molecule has 3 rings (SSSR count). The van der Waals surface area contributed by atoms with Gasteiger partial charge in [-0.3, -0.25) is 0 Å². The number of halogens is 1. The first-order valence-corrected chi connectivity index (χ1v) is 8.17. The number of aryl methyl sites for hydroxylation is 3. The van der Waals surface area contributed by atoms with Crippen molar-refractivity contribution in [3.05, 3.63) is 44.7 Å². The molecular formula is C16H15BrN2OS. The van der Waals surface area contributed by atoms with Gasteiger partial charge in [0.05, 0.1) is 14.2 Å². The van der Waals surface area contributed by atoms with E-state index < -0.39 is 0 Å². The Morgan fingerprint density at radius 3 is 2.48 bits per heavy atom. The quantitative estimate of drug-likeness (QED) is 0.669. The molecule has 0 saturated heterocycles. The Kier molecular flexibility index (Phi) is 3.63. The van der Waals surface area contributed by atoms with Gasteiger partial charge < -0.3 is 10.3 Å². The van der Waals surface area contributed by atoms with Crippen LogP contribution in [-0.2, 0) is 0 Å². The Labute approximate surface area is 135 Å². The van der Waals surface area contributed by atoms with Gasteiger partial charge in [-0.15, -0.1) is 11.3 Å². The van der Waals surface area contributed by atoms with Crippen LogP contribution in [0.1, 0.15) is 16.7 Å². The molecule has 0 bridgehead atoms. The van der Waals surface area contributed by atoms with E-state index in [2.05, 4.69) is 66.1 Å².